The first kappa shape index (κ1) is 10.5. The Morgan fingerprint density at radius 2 is 1.74 bits per heavy atom. The first-order chi connectivity index (χ1) is 9.40. The number of ether oxygens (including phenoxy) is 3. The number of rotatable bonds is 1. The van der Waals surface area contributed by atoms with E-state index in [2.05, 4.69) is 12.1 Å². The van der Waals surface area contributed by atoms with E-state index >= 15 is 0 Å². The quantitative estimate of drug-likeness (QED) is 0.778. The molecular weight excluding hydrogens is 240 g/mol. The van der Waals surface area contributed by atoms with Gasteiger partial charge in [-0.1, -0.05) is 18.2 Å². The van der Waals surface area contributed by atoms with Gasteiger partial charge in [0.05, 0.1) is 0 Å². The zero-order chi connectivity index (χ0) is 12.7. The summed E-state index contributed by atoms with van der Waals surface area (Å²) in [5.74, 6) is 3.37. The molecule has 4 rings (SSSR count). The van der Waals surface area contributed by atoms with Crippen molar-refractivity contribution in [1.29, 1.82) is 0 Å². The van der Waals surface area contributed by atoms with Crippen molar-refractivity contribution in [3.05, 3.63) is 59.7 Å². The third-order valence-corrected chi connectivity index (χ3v) is 3.36. The van der Waals surface area contributed by atoms with Crippen molar-refractivity contribution < 1.29 is 14.2 Å². The van der Waals surface area contributed by atoms with Crippen LogP contribution in [0.15, 0.2) is 48.5 Å². The van der Waals surface area contributed by atoms with Crippen LogP contribution in [-0.2, 0) is 6.42 Å². The average molecular weight is 252 g/mol. The summed E-state index contributed by atoms with van der Waals surface area (Å²) in [5, 5.41) is 0. The van der Waals surface area contributed by atoms with Crippen LogP contribution in [0, 0.1) is 0 Å². The highest BCUT2D eigenvalue weighted by atomic mass is 16.7. The van der Waals surface area contributed by atoms with Crippen molar-refractivity contribution in [2.45, 2.75) is 6.42 Å². The fourth-order valence-corrected chi connectivity index (χ4v) is 2.36. The van der Waals surface area contributed by atoms with Gasteiger partial charge in [0.1, 0.15) is 11.5 Å². The van der Waals surface area contributed by atoms with Crippen LogP contribution >= 0.6 is 0 Å². The highest BCUT2D eigenvalue weighted by Gasteiger charge is 2.18. The number of benzene rings is 2. The number of hydrogen-bond acceptors (Lipinski definition) is 3. The molecule has 0 N–H and O–H groups in total. The minimum atomic E-state index is 0.293. The van der Waals surface area contributed by atoms with Gasteiger partial charge in [0, 0.05) is 5.56 Å². The first-order valence-electron chi connectivity index (χ1n) is 6.26. The van der Waals surface area contributed by atoms with Gasteiger partial charge >= 0.3 is 0 Å². The van der Waals surface area contributed by atoms with Gasteiger partial charge in [-0.15, -0.1) is 0 Å². The second-order valence-electron chi connectivity index (χ2n) is 4.55. The standard InChI is InChI=1S/C16H12O3/c1-2-4-13-11(3-1)5-7-14(19-13)12-6-8-15-16(9-12)18-10-17-15/h1-4,6-9H,5,10H2. The molecular formula is C16H12O3. The molecule has 0 radical (unpaired) electrons. The van der Waals surface area contributed by atoms with E-state index in [9.17, 15) is 0 Å². The van der Waals surface area contributed by atoms with E-state index in [4.69, 9.17) is 14.2 Å². The van der Waals surface area contributed by atoms with Crippen LogP contribution in [0.1, 0.15) is 11.1 Å². The number of para-hydroxylation sites is 1. The Bertz CT molecular complexity index is 673. The van der Waals surface area contributed by atoms with Gasteiger partial charge in [-0.2, -0.15) is 0 Å². The molecule has 0 saturated carbocycles. The molecule has 0 aromatic heterocycles. The molecule has 2 aromatic rings. The van der Waals surface area contributed by atoms with Gasteiger partial charge < -0.3 is 14.2 Å². The molecule has 0 amide bonds. The van der Waals surface area contributed by atoms with Gasteiger partial charge in [-0.25, -0.2) is 0 Å². The predicted octanol–water partition coefficient (Wildman–Crippen LogP) is 3.39. The van der Waals surface area contributed by atoms with Crippen LogP contribution < -0.4 is 14.2 Å². The predicted molar refractivity (Wildman–Crippen MR) is 71.3 cm³/mol. The zero-order valence-electron chi connectivity index (χ0n) is 10.3. The lowest BCUT2D eigenvalue weighted by atomic mass is 10.0. The maximum atomic E-state index is 5.94. The maximum absolute atomic E-state index is 5.94. The lowest BCUT2D eigenvalue weighted by molar-refractivity contribution is 0.174. The highest BCUT2D eigenvalue weighted by Crippen LogP contribution is 2.36. The highest BCUT2D eigenvalue weighted by molar-refractivity contribution is 5.67. The topological polar surface area (TPSA) is 27.7 Å². The van der Waals surface area contributed by atoms with Crippen molar-refractivity contribution in [3.63, 3.8) is 0 Å². The Labute approximate surface area is 111 Å². The molecule has 94 valence electrons. The van der Waals surface area contributed by atoms with Crippen LogP contribution in [0.5, 0.6) is 17.2 Å². The third-order valence-electron chi connectivity index (χ3n) is 3.36. The van der Waals surface area contributed by atoms with Gasteiger partial charge in [0.15, 0.2) is 11.5 Å². The number of fused-ring (bicyclic) bond motifs is 2. The molecule has 0 fully saturated rings. The molecule has 2 aromatic carbocycles. The monoisotopic (exact) mass is 252 g/mol. The van der Waals surface area contributed by atoms with Crippen molar-refractivity contribution in [2.24, 2.45) is 0 Å². The molecule has 0 unspecified atom stereocenters. The molecule has 0 atom stereocenters. The minimum Gasteiger partial charge on any atom is -0.457 e. The molecule has 0 aliphatic carbocycles. The van der Waals surface area contributed by atoms with Crippen molar-refractivity contribution in [3.8, 4) is 17.2 Å². The summed E-state index contributed by atoms with van der Waals surface area (Å²) >= 11 is 0. The second-order valence-corrected chi connectivity index (χ2v) is 4.55. The molecule has 2 aliphatic rings. The van der Waals surface area contributed by atoms with Crippen LogP contribution in [0.25, 0.3) is 5.76 Å². The Kier molecular flexibility index (Phi) is 2.24. The Hall–Kier alpha value is -2.42. The normalized spacial score (nSPS) is 15.5. The number of allylic oxidation sites excluding steroid dienone is 1. The van der Waals surface area contributed by atoms with Gasteiger partial charge in [-0.3, -0.25) is 0 Å². The molecule has 0 spiro atoms. The van der Waals surface area contributed by atoms with Gasteiger partial charge in [0.2, 0.25) is 6.79 Å². The fourth-order valence-electron chi connectivity index (χ4n) is 2.36. The lowest BCUT2D eigenvalue weighted by Crippen LogP contribution is -2.03. The van der Waals surface area contributed by atoms with Crippen molar-refractivity contribution >= 4 is 5.76 Å². The molecule has 2 aliphatic heterocycles. The van der Waals surface area contributed by atoms with Gasteiger partial charge in [0.25, 0.3) is 0 Å². The Morgan fingerprint density at radius 3 is 2.74 bits per heavy atom. The molecule has 3 nitrogen and oxygen atoms in total. The summed E-state index contributed by atoms with van der Waals surface area (Å²) in [7, 11) is 0. The second kappa shape index (κ2) is 4.05. The van der Waals surface area contributed by atoms with E-state index in [1.165, 1.54) is 5.56 Å². The van der Waals surface area contributed by atoms with E-state index in [-0.39, 0.29) is 0 Å². The van der Waals surface area contributed by atoms with E-state index in [1.54, 1.807) is 0 Å². The molecule has 0 saturated heterocycles. The molecule has 2 heterocycles. The summed E-state index contributed by atoms with van der Waals surface area (Å²) in [5.41, 5.74) is 2.23. The van der Waals surface area contributed by atoms with Crippen molar-refractivity contribution in [2.75, 3.05) is 6.79 Å². The minimum absolute atomic E-state index is 0.293. The van der Waals surface area contributed by atoms with Crippen LogP contribution in [-0.4, -0.2) is 6.79 Å². The Morgan fingerprint density at radius 1 is 0.842 bits per heavy atom. The summed E-state index contributed by atoms with van der Waals surface area (Å²) in [6.07, 6.45) is 2.99. The fraction of sp³-hybridized carbons (Fsp3) is 0.125. The lowest BCUT2D eigenvalue weighted by Gasteiger charge is -2.18. The number of hydrogen-bond donors (Lipinski definition) is 0. The van der Waals surface area contributed by atoms with E-state index in [0.717, 1.165) is 35.0 Å². The Balaban J connectivity index is 1.69. The van der Waals surface area contributed by atoms with E-state index in [0.29, 0.717) is 6.79 Å². The third kappa shape index (κ3) is 1.74. The molecule has 3 heteroatoms. The van der Waals surface area contributed by atoms with E-state index < -0.39 is 0 Å². The van der Waals surface area contributed by atoms with Crippen LogP contribution in [0.4, 0.5) is 0 Å². The summed E-state index contributed by atoms with van der Waals surface area (Å²) < 4.78 is 16.7. The van der Waals surface area contributed by atoms with E-state index in [1.807, 2.05) is 36.4 Å². The van der Waals surface area contributed by atoms with Gasteiger partial charge in [-0.05, 0) is 42.3 Å². The first-order valence-corrected chi connectivity index (χ1v) is 6.26. The average Bonchev–Trinajstić information content (AvgIpc) is 2.94. The van der Waals surface area contributed by atoms with Crippen LogP contribution in [0.2, 0.25) is 0 Å². The smallest absolute Gasteiger partial charge is 0.231 e. The SMILES string of the molecule is C1=C(c2ccc3c(c2)OCO3)Oc2ccccc2C1. The maximum Gasteiger partial charge on any atom is 0.231 e. The summed E-state index contributed by atoms with van der Waals surface area (Å²) in [6.45, 7) is 0.293. The largest absolute Gasteiger partial charge is 0.457 e. The van der Waals surface area contributed by atoms with Crippen molar-refractivity contribution in [1.82, 2.24) is 0 Å². The summed E-state index contributed by atoms with van der Waals surface area (Å²) in [6, 6.07) is 14.0. The zero-order valence-corrected chi connectivity index (χ0v) is 10.3. The molecule has 0 bridgehead atoms. The van der Waals surface area contributed by atoms with Crippen LogP contribution in [0.3, 0.4) is 0 Å². The molecule has 19 heavy (non-hydrogen) atoms. The summed E-state index contributed by atoms with van der Waals surface area (Å²) in [4.78, 5) is 0.